The van der Waals surface area contributed by atoms with Gasteiger partial charge in [0.05, 0.1) is 13.2 Å². The first-order valence-corrected chi connectivity index (χ1v) is 18.3. The van der Waals surface area contributed by atoms with E-state index in [0.717, 1.165) is 38.5 Å². The first kappa shape index (κ1) is 64.9. The summed E-state index contributed by atoms with van der Waals surface area (Å²) in [6.45, 7) is 3.79. The second kappa shape index (κ2) is 30.0. The predicted octanol–water partition coefficient (Wildman–Crippen LogP) is -4.08. The molecule has 0 spiro atoms. The summed E-state index contributed by atoms with van der Waals surface area (Å²) in [5.74, 6) is -8.07. The maximum absolute atomic E-state index is 12.9. The van der Waals surface area contributed by atoms with Gasteiger partial charge in [0.15, 0.2) is 0 Å². The number of Topliss-reactive ketones (excluding diaryl/α,β-unsaturated/α-hetero) is 1. The van der Waals surface area contributed by atoms with Crippen LogP contribution in [0.4, 0.5) is 38.8 Å². The molecule has 0 N–H and O–H groups in total. The number of amides is 3. The Morgan fingerprint density at radius 3 is 1.13 bits per heavy atom. The van der Waals surface area contributed by atoms with E-state index in [0.29, 0.717) is 39.3 Å². The van der Waals surface area contributed by atoms with Gasteiger partial charge in [-0.2, -0.15) is 4.79 Å². The van der Waals surface area contributed by atoms with E-state index in [1.165, 1.54) is 35.5 Å². The Hall–Kier alpha value is 0.614. The maximum Gasteiger partial charge on any atom is 1.00 e. The average Bonchev–Trinajstić information content (AvgIpc) is 3.70. The van der Waals surface area contributed by atoms with E-state index < -0.39 is 92.2 Å². The van der Waals surface area contributed by atoms with Gasteiger partial charge in [0.1, 0.15) is 10.8 Å². The Balaban J connectivity index is -0.000000754. The molecule has 60 heavy (non-hydrogen) atoms. The molecule has 5 fully saturated rings. The summed E-state index contributed by atoms with van der Waals surface area (Å²) in [4.78, 5) is 77.3. The second-order valence-electron chi connectivity index (χ2n) is 13.5. The van der Waals surface area contributed by atoms with Crippen LogP contribution in [0.25, 0.3) is 5.53 Å². The number of nitrogens with zero attached hydrogens (tertiary/aromatic N) is 5. The first-order chi connectivity index (χ1) is 26.6. The molecule has 0 bridgehead atoms. The summed E-state index contributed by atoms with van der Waals surface area (Å²) < 4.78 is 116. The quantitative estimate of drug-likeness (QED) is 0.0312. The Morgan fingerprint density at radius 2 is 0.933 bits per heavy atom. The van der Waals surface area contributed by atoms with E-state index in [1.54, 1.807) is 0 Å². The standard InChI is InChI=1S/2C11H16BF3NO3.C8H11N3O2.C2H3.BF3.3K/c2*1-2-19-10(18)11(7-8(11)12(13,14)15)9(17)16-5-3-4-6-16;1-6(12)7(10-9)8(13)11-4-2-3-5-11;1-2;2-1(3)4;;;/h2*8H,2-7H2,1H3;2-5H2,1H3;1H,2H2;;;;/q2*-1;;-1;;3*+1/t8-,11+;8-,11-;;;;;;/m00....../s1. The van der Waals surface area contributed by atoms with Crippen LogP contribution in [-0.4, -0.2) is 135 Å². The molecule has 13 nitrogen and oxygen atoms in total. The molecular formula is C32H46B3F9K3N5O8. The number of hydrogen-bond donors (Lipinski definition) is 0. The van der Waals surface area contributed by atoms with Gasteiger partial charge >= 0.3 is 199 Å². The normalized spacial score (nSPS) is 23.0. The van der Waals surface area contributed by atoms with Crippen molar-refractivity contribution in [3.8, 4) is 0 Å². The fourth-order valence-corrected chi connectivity index (χ4v) is 6.88. The average molecular weight is 949 g/mol. The van der Waals surface area contributed by atoms with E-state index in [1.807, 2.05) is 0 Å². The Morgan fingerprint density at radius 1 is 0.667 bits per heavy atom. The van der Waals surface area contributed by atoms with Crippen molar-refractivity contribution in [2.45, 2.75) is 83.8 Å². The minimum Gasteiger partial charge on any atom is -0.521 e. The predicted molar refractivity (Wildman–Crippen MR) is 189 cm³/mol. The first-order valence-electron chi connectivity index (χ1n) is 18.3. The fourth-order valence-electron chi connectivity index (χ4n) is 6.88. The Bertz CT molecular complexity index is 1430. The summed E-state index contributed by atoms with van der Waals surface area (Å²) in [5.41, 5.74) is 4.10. The molecule has 3 aliphatic heterocycles. The third-order valence-electron chi connectivity index (χ3n) is 9.80. The molecule has 3 amide bonds. The van der Waals surface area contributed by atoms with Gasteiger partial charge in [-0.3, -0.25) is 48.3 Å². The molecule has 5 aliphatic rings. The number of carbonyl (C=O) groups is 6. The molecule has 0 unspecified atom stereocenters. The smallest absolute Gasteiger partial charge is 0.521 e. The molecular weight excluding hydrogens is 903 g/mol. The zero-order valence-corrected chi connectivity index (χ0v) is 44.3. The minimum absolute atomic E-state index is 0. The number of carbonyl (C=O) groups excluding carboxylic acids is 6. The molecule has 4 atom stereocenters. The number of halogens is 9. The SMILES string of the molecule is CC(=O)C(=[N+]=[N-])C(=O)N1CCCC1.CCOC(=O)[C@@]1(C(=O)N2CCCC2)C[C@@H]1[B-](F)(F)F.CCOC(=O)[C@]1(C(=O)N2CCCC2)C[C@@H]1[B-](F)(F)F.FB(F)F.[CH-]=C.[K+].[K+].[K+]. The fraction of sp³-hybridized carbons (Fsp3) is 0.719. The number of hydrogen-bond acceptors (Lipinski definition) is 8. The van der Waals surface area contributed by atoms with Gasteiger partial charge in [-0.25, -0.2) is 0 Å². The van der Waals surface area contributed by atoms with Gasteiger partial charge < -0.3 is 62.2 Å². The van der Waals surface area contributed by atoms with Gasteiger partial charge in [-0.15, -0.1) is 0 Å². The van der Waals surface area contributed by atoms with Crippen molar-refractivity contribution in [3.63, 3.8) is 0 Å². The Kier molecular flexibility index (Phi) is 32.5. The summed E-state index contributed by atoms with van der Waals surface area (Å²) in [6.07, 6.45) is 4.07. The molecule has 2 saturated carbocycles. The monoisotopic (exact) mass is 949 g/mol. The van der Waals surface area contributed by atoms with Crippen LogP contribution in [0, 0.1) is 17.4 Å². The summed E-state index contributed by atoms with van der Waals surface area (Å²) >= 11 is 0. The third-order valence-corrected chi connectivity index (χ3v) is 9.80. The van der Waals surface area contributed by atoms with E-state index in [4.69, 9.17) is 15.0 Å². The molecule has 5 rings (SSSR count). The number of ether oxygens (including phenoxy) is 2. The molecule has 3 saturated heterocycles. The summed E-state index contributed by atoms with van der Waals surface area (Å²) in [7, 11) is -3.67. The van der Waals surface area contributed by atoms with Gasteiger partial charge in [-0.05, 0) is 64.0 Å². The van der Waals surface area contributed by atoms with Crippen LogP contribution in [0.1, 0.15) is 72.1 Å². The van der Waals surface area contributed by atoms with Crippen molar-refractivity contribution in [2.24, 2.45) is 10.8 Å². The van der Waals surface area contributed by atoms with Crippen molar-refractivity contribution >= 4 is 62.7 Å². The summed E-state index contributed by atoms with van der Waals surface area (Å²) in [5, 5.41) is 0. The second-order valence-corrected chi connectivity index (χ2v) is 13.5. The number of ketones is 1. The van der Waals surface area contributed by atoms with Gasteiger partial charge in [0.2, 0.25) is 17.6 Å². The van der Waals surface area contributed by atoms with Crippen LogP contribution in [0.5, 0.6) is 0 Å². The van der Waals surface area contributed by atoms with Crippen LogP contribution in [0.2, 0.25) is 11.6 Å². The third kappa shape index (κ3) is 18.1. The molecule has 0 aromatic carbocycles. The van der Waals surface area contributed by atoms with Crippen molar-refractivity contribution in [3.05, 3.63) is 18.7 Å². The molecule has 322 valence electrons. The maximum atomic E-state index is 12.9. The van der Waals surface area contributed by atoms with Gasteiger partial charge in [-0.1, -0.05) is 12.8 Å². The van der Waals surface area contributed by atoms with Crippen molar-refractivity contribution in [1.29, 1.82) is 0 Å². The molecule has 2 aliphatic carbocycles. The minimum atomic E-state index is -5.20. The van der Waals surface area contributed by atoms with Crippen molar-refractivity contribution < 1.29 is 236 Å². The molecule has 28 heteroatoms. The van der Waals surface area contributed by atoms with Crippen LogP contribution in [0.15, 0.2) is 6.58 Å². The van der Waals surface area contributed by atoms with Crippen LogP contribution >= 0.6 is 0 Å². The van der Waals surface area contributed by atoms with Gasteiger partial charge in [0.25, 0.3) is 0 Å². The van der Waals surface area contributed by atoms with Crippen LogP contribution < -0.4 is 154 Å². The van der Waals surface area contributed by atoms with Crippen molar-refractivity contribution in [2.75, 3.05) is 52.5 Å². The zero-order valence-electron chi connectivity index (χ0n) is 34.9. The molecule has 3 heterocycles. The van der Waals surface area contributed by atoms with E-state index >= 15 is 0 Å². The molecule has 0 radical (unpaired) electrons. The van der Waals surface area contributed by atoms with Crippen molar-refractivity contribution in [1.82, 2.24) is 14.7 Å². The number of esters is 2. The largest absolute Gasteiger partial charge is 1.00 e. The molecule has 0 aromatic heterocycles. The summed E-state index contributed by atoms with van der Waals surface area (Å²) in [6, 6.07) is 0. The molecule has 0 aromatic rings. The number of rotatable bonds is 10. The zero-order chi connectivity index (χ0) is 43.9. The van der Waals surface area contributed by atoms with E-state index in [-0.39, 0.29) is 173 Å². The van der Waals surface area contributed by atoms with E-state index in [2.05, 4.69) is 17.9 Å². The number of likely N-dealkylation sites (tertiary alicyclic amines) is 3. The van der Waals surface area contributed by atoms with Gasteiger partial charge in [0, 0.05) is 46.2 Å². The van der Waals surface area contributed by atoms with E-state index in [9.17, 15) is 67.6 Å². The van der Waals surface area contributed by atoms with Crippen LogP contribution in [0.3, 0.4) is 0 Å². The topological polar surface area (TPSA) is 167 Å². The Labute approximate surface area is 471 Å². The van der Waals surface area contributed by atoms with Crippen LogP contribution in [-0.2, 0) is 38.2 Å².